The van der Waals surface area contributed by atoms with Gasteiger partial charge in [0.2, 0.25) is 0 Å². The summed E-state index contributed by atoms with van der Waals surface area (Å²) in [6, 6.07) is 10.1. The van der Waals surface area contributed by atoms with Crippen LogP contribution < -0.4 is 26.8 Å². The number of ether oxygens (including phenoxy) is 1. The molecule has 8 nitrogen and oxygen atoms in total. The van der Waals surface area contributed by atoms with Gasteiger partial charge in [0, 0.05) is 23.8 Å². The maximum absolute atomic E-state index is 14.7. The summed E-state index contributed by atoms with van der Waals surface area (Å²) < 4.78 is 19.9. The van der Waals surface area contributed by atoms with Crippen LogP contribution in [0.5, 0.6) is 5.75 Å². The van der Waals surface area contributed by atoms with Crippen molar-refractivity contribution in [3.8, 4) is 16.9 Å². The molecule has 0 fully saturated rings. The molecule has 2 aromatic heterocycles. The third-order valence-electron chi connectivity index (χ3n) is 5.22. The zero-order valence-electron chi connectivity index (χ0n) is 18.9. The molecular weight excluding hydrogens is 423 g/mol. The number of nitrogens with one attached hydrogen (secondary N) is 2. The molecule has 3 aromatic rings. The standard InChI is InChI=1S/C24H29FN6O2/c1-4-5-21(14(2)26)30-24-20(25)11-19(22(27)32)23(31-24)29-17-10-16(12-28-13-17)15-6-8-18(33-3)9-7-15/h6-14,21H,4-5,26H2,1-3H3,(H2,27,32)(H2,29,30,31). The summed E-state index contributed by atoms with van der Waals surface area (Å²) >= 11 is 0. The van der Waals surface area contributed by atoms with Crippen LogP contribution in [0.15, 0.2) is 48.8 Å². The molecule has 2 unspecified atom stereocenters. The Morgan fingerprint density at radius 2 is 1.88 bits per heavy atom. The average molecular weight is 453 g/mol. The molecule has 174 valence electrons. The van der Waals surface area contributed by atoms with Crippen molar-refractivity contribution in [1.29, 1.82) is 0 Å². The SMILES string of the molecule is CCCC(Nc1nc(Nc2cncc(-c3ccc(OC)cc3)c2)c(C(N)=O)cc1F)C(C)N. The van der Waals surface area contributed by atoms with Crippen molar-refractivity contribution in [2.24, 2.45) is 11.5 Å². The Morgan fingerprint density at radius 1 is 1.15 bits per heavy atom. The van der Waals surface area contributed by atoms with E-state index in [0.29, 0.717) is 5.69 Å². The minimum atomic E-state index is -0.799. The van der Waals surface area contributed by atoms with E-state index >= 15 is 0 Å². The summed E-state index contributed by atoms with van der Waals surface area (Å²) in [5.74, 6) is -0.610. The lowest BCUT2D eigenvalue weighted by Gasteiger charge is -2.23. The third-order valence-corrected chi connectivity index (χ3v) is 5.22. The number of nitrogens with two attached hydrogens (primary N) is 2. The maximum atomic E-state index is 14.7. The van der Waals surface area contributed by atoms with Gasteiger partial charge in [-0.1, -0.05) is 25.5 Å². The van der Waals surface area contributed by atoms with Crippen molar-refractivity contribution in [1.82, 2.24) is 9.97 Å². The number of rotatable bonds is 10. The van der Waals surface area contributed by atoms with Crippen molar-refractivity contribution in [3.05, 3.63) is 60.2 Å². The molecule has 2 atom stereocenters. The first kappa shape index (κ1) is 23.9. The van der Waals surface area contributed by atoms with E-state index in [4.69, 9.17) is 16.2 Å². The third kappa shape index (κ3) is 5.95. The number of methoxy groups -OCH3 is 1. The molecule has 0 saturated carbocycles. The minimum Gasteiger partial charge on any atom is -0.497 e. The predicted molar refractivity (Wildman–Crippen MR) is 128 cm³/mol. The number of anilines is 3. The van der Waals surface area contributed by atoms with Crippen LogP contribution in [-0.2, 0) is 0 Å². The number of hydrogen-bond donors (Lipinski definition) is 4. The van der Waals surface area contributed by atoms with E-state index in [-0.39, 0.29) is 29.3 Å². The fourth-order valence-electron chi connectivity index (χ4n) is 3.41. The number of carbonyl (C=O) groups excluding carboxylic acids is 1. The second-order valence-electron chi connectivity index (χ2n) is 7.79. The van der Waals surface area contributed by atoms with E-state index in [1.807, 2.05) is 44.2 Å². The summed E-state index contributed by atoms with van der Waals surface area (Å²) in [5.41, 5.74) is 13.8. The van der Waals surface area contributed by atoms with Crippen LogP contribution in [0.4, 0.5) is 21.7 Å². The summed E-state index contributed by atoms with van der Waals surface area (Å²) in [6.07, 6.45) is 4.91. The second kappa shape index (κ2) is 10.7. The van der Waals surface area contributed by atoms with Gasteiger partial charge in [-0.05, 0) is 43.2 Å². The molecule has 0 saturated heterocycles. The fraction of sp³-hybridized carbons (Fsp3) is 0.292. The lowest BCUT2D eigenvalue weighted by Crippen LogP contribution is -2.38. The molecule has 0 bridgehead atoms. The Bertz CT molecular complexity index is 1100. The fourth-order valence-corrected chi connectivity index (χ4v) is 3.41. The Kier molecular flexibility index (Phi) is 7.78. The molecule has 6 N–H and O–H groups in total. The Morgan fingerprint density at radius 3 is 2.48 bits per heavy atom. The normalized spacial score (nSPS) is 12.6. The quantitative estimate of drug-likeness (QED) is 0.365. The first-order valence-corrected chi connectivity index (χ1v) is 10.7. The zero-order valence-corrected chi connectivity index (χ0v) is 18.9. The zero-order chi connectivity index (χ0) is 24.0. The Balaban J connectivity index is 1.94. The molecule has 33 heavy (non-hydrogen) atoms. The topological polar surface area (TPSA) is 128 Å². The molecule has 0 radical (unpaired) electrons. The molecule has 9 heteroatoms. The van der Waals surface area contributed by atoms with E-state index in [9.17, 15) is 9.18 Å². The van der Waals surface area contributed by atoms with Crippen LogP contribution in [0.1, 0.15) is 37.0 Å². The van der Waals surface area contributed by atoms with Gasteiger partial charge in [0.05, 0.1) is 24.6 Å². The van der Waals surface area contributed by atoms with Gasteiger partial charge in [-0.25, -0.2) is 9.37 Å². The lowest BCUT2D eigenvalue weighted by molar-refractivity contribution is 0.100. The van der Waals surface area contributed by atoms with E-state index < -0.39 is 11.7 Å². The number of primary amides is 1. The van der Waals surface area contributed by atoms with E-state index in [0.717, 1.165) is 35.8 Å². The number of halogens is 1. The number of hydrogen-bond acceptors (Lipinski definition) is 7. The van der Waals surface area contributed by atoms with Crippen LogP contribution in [0, 0.1) is 5.82 Å². The second-order valence-corrected chi connectivity index (χ2v) is 7.79. The van der Waals surface area contributed by atoms with Crippen LogP contribution in [0.25, 0.3) is 11.1 Å². The summed E-state index contributed by atoms with van der Waals surface area (Å²) in [5, 5.41) is 6.11. The maximum Gasteiger partial charge on any atom is 0.252 e. The van der Waals surface area contributed by atoms with Gasteiger partial charge in [-0.3, -0.25) is 9.78 Å². The smallest absolute Gasteiger partial charge is 0.252 e. The number of carbonyl (C=O) groups is 1. The molecule has 0 aliphatic heterocycles. The molecule has 1 aromatic carbocycles. The summed E-state index contributed by atoms with van der Waals surface area (Å²) in [6.45, 7) is 3.87. The van der Waals surface area contributed by atoms with Crippen molar-refractivity contribution >= 4 is 23.2 Å². The van der Waals surface area contributed by atoms with Crippen molar-refractivity contribution in [3.63, 3.8) is 0 Å². The Labute approximate surface area is 192 Å². The van der Waals surface area contributed by atoms with Crippen molar-refractivity contribution < 1.29 is 13.9 Å². The largest absolute Gasteiger partial charge is 0.497 e. The number of pyridine rings is 2. The van der Waals surface area contributed by atoms with Crippen molar-refractivity contribution in [2.75, 3.05) is 17.7 Å². The van der Waals surface area contributed by atoms with E-state index in [1.54, 1.807) is 19.5 Å². The van der Waals surface area contributed by atoms with Crippen LogP contribution in [-0.4, -0.2) is 35.1 Å². The van der Waals surface area contributed by atoms with E-state index in [1.165, 1.54) is 0 Å². The number of amides is 1. The summed E-state index contributed by atoms with van der Waals surface area (Å²) in [7, 11) is 1.61. The molecule has 0 spiro atoms. The van der Waals surface area contributed by atoms with Gasteiger partial charge >= 0.3 is 0 Å². The van der Waals surface area contributed by atoms with Gasteiger partial charge in [-0.15, -0.1) is 0 Å². The first-order chi connectivity index (χ1) is 15.8. The van der Waals surface area contributed by atoms with E-state index in [2.05, 4.69) is 20.6 Å². The highest BCUT2D eigenvalue weighted by molar-refractivity contribution is 5.98. The molecule has 0 aliphatic rings. The van der Waals surface area contributed by atoms with Gasteiger partial charge in [0.1, 0.15) is 11.6 Å². The monoisotopic (exact) mass is 452 g/mol. The number of aromatic nitrogens is 2. The van der Waals surface area contributed by atoms with Crippen LogP contribution in [0.3, 0.4) is 0 Å². The van der Waals surface area contributed by atoms with Gasteiger partial charge < -0.3 is 26.8 Å². The molecule has 1 amide bonds. The average Bonchev–Trinajstić information content (AvgIpc) is 2.80. The predicted octanol–water partition coefficient (Wildman–Crippen LogP) is 4.06. The van der Waals surface area contributed by atoms with Gasteiger partial charge in [0.15, 0.2) is 11.6 Å². The highest BCUT2D eigenvalue weighted by atomic mass is 19.1. The summed E-state index contributed by atoms with van der Waals surface area (Å²) in [4.78, 5) is 20.6. The lowest BCUT2D eigenvalue weighted by atomic mass is 10.1. The minimum absolute atomic E-state index is 0.00230. The van der Waals surface area contributed by atoms with Gasteiger partial charge in [-0.2, -0.15) is 0 Å². The molecular formula is C24H29FN6O2. The molecule has 2 heterocycles. The molecule has 3 rings (SSSR count). The van der Waals surface area contributed by atoms with Crippen LogP contribution >= 0.6 is 0 Å². The molecule has 0 aliphatic carbocycles. The highest BCUT2D eigenvalue weighted by Crippen LogP contribution is 2.28. The van der Waals surface area contributed by atoms with Gasteiger partial charge in [0.25, 0.3) is 5.91 Å². The first-order valence-electron chi connectivity index (χ1n) is 10.7. The highest BCUT2D eigenvalue weighted by Gasteiger charge is 2.20. The Hall–Kier alpha value is -3.72. The van der Waals surface area contributed by atoms with Crippen molar-refractivity contribution in [2.45, 2.75) is 38.8 Å². The number of benzene rings is 1. The van der Waals surface area contributed by atoms with Crippen LogP contribution in [0.2, 0.25) is 0 Å². The number of nitrogens with zero attached hydrogens (tertiary/aromatic N) is 2.